The van der Waals surface area contributed by atoms with Crippen molar-refractivity contribution in [3.05, 3.63) is 12.2 Å². The van der Waals surface area contributed by atoms with E-state index in [1.165, 1.54) is 0 Å². The number of aliphatic hydroxyl groups excluding tert-OH is 3. The fraction of sp³-hybridized carbons (Fsp3) is 0.600. The highest BCUT2D eigenvalue weighted by Crippen LogP contribution is 2.31. The van der Waals surface area contributed by atoms with Crippen LogP contribution in [0.2, 0.25) is 0 Å². The van der Waals surface area contributed by atoms with Crippen LogP contribution in [0.1, 0.15) is 0 Å². The molecule has 2 rings (SSSR count). The average molecular weight is 274 g/mol. The smallest absolute Gasteiger partial charge is 0.277 e. The van der Waals surface area contributed by atoms with E-state index < -0.39 is 48.7 Å². The van der Waals surface area contributed by atoms with Gasteiger partial charge in [0.1, 0.15) is 24.4 Å². The van der Waals surface area contributed by atoms with Crippen molar-refractivity contribution in [1.82, 2.24) is 4.90 Å². The Balaban J connectivity index is 2.36. The number of hydrogen-bond acceptors (Lipinski definition) is 8. The van der Waals surface area contributed by atoms with Crippen LogP contribution in [0.15, 0.2) is 12.2 Å². The summed E-state index contributed by atoms with van der Waals surface area (Å²) in [5, 5.41) is 38.6. The van der Waals surface area contributed by atoms with Crippen LogP contribution < -0.4 is 5.73 Å². The van der Waals surface area contributed by atoms with E-state index in [4.69, 9.17) is 15.6 Å². The van der Waals surface area contributed by atoms with Crippen molar-refractivity contribution in [2.75, 3.05) is 6.61 Å². The molecule has 9 nitrogen and oxygen atoms in total. The summed E-state index contributed by atoms with van der Waals surface area (Å²) >= 11 is 0. The van der Waals surface area contributed by atoms with Gasteiger partial charge in [0, 0.05) is 12.2 Å². The second-order valence-corrected chi connectivity index (χ2v) is 4.35. The summed E-state index contributed by atoms with van der Waals surface area (Å²) in [5.41, 5.74) is 5.53. The Hall–Kier alpha value is -1.36. The van der Waals surface area contributed by atoms with Gasteiger partial charge < -0.3 is 30.9 Å². The summed E-state index contributed by atoms with van der Waals surface area (Å²) < 4.78 is 4.96. The molecule has 2 heterocycles. The molecule has 2 amide bonds. The van der Waals surface area contributed by atoms with Crippen molar-refractivity contribution in [2.24, 2.45) is 5.73 Å². The molecular formula is C10H14N2O7. The summed E-state index contributed by atoms with van der Waals surface area (Å²) in [7, 11) is 0. The Morgan fingerprint density at radius 2 is 1.79 bits per heavy atom. The molecule has 1 saturated heterocycles. The van der Waals surface area contributed by atoms with E-state index in [9.17, 15) is 24.9 Å². The summed E-state index contributed by atoms with van der Waals surface area (Å²) in [4.78, 5) is 23.4. The second kappa shape index (κ2) is 4.63. The standard InChI is InChI=1S/C10H14N2O7/c11-9-8(17)7(16)4(3-13)19-10(9,18)12-5(14)1-2-6(12)15/h1-2,4,7-9,13,16-18H,3,11H2/t4-,7-,8+,9-,10?/m1/s1. The summed E-state index contributed by atoms with van der Waals surface area (Å²) in [6.07, 6.45) is -2.82. The normalized spacial score (nSPS) is 43.1. The second-order valence-electron chi connectivity index (χ2n) is 4.35. The van der Waals surface area contributed by atoms with Gasteiger partial charge in [-0.05, 0) is 0 Å². The number of nitrogens with zero attached hydrogens (tertiary/aromatic N) is 1. The maximum absolute atomic E-state index is 11.5. The average Bonchev–Trinajstić information content (AvgIpc) is 2.71. The van der Waals surface area contributed by atoms with Crippen LogP contribution in [-0.4, -0.2) is 74.0 Å². The van der Waals surface area contributed by atoms with Crippen molar-refractivity contribution in [3.8, 4) is 0 Å². The molecule has 19 heavy (non-hydrogen) atoms. The number of amides is 2. The zero-order valence-corrected chi connectivity index (χ0v) is 9.71. The van der Waals surface area contributed by atoms with Gasteiger partial charge in [0.25, 0.3) is 17.7 Å². The molecule has 0 aromatic carbocycles. The molecule has 9 heteroatoms. The molecule has 106 valence electrons. The number of aliphatic hydroxyl groups is 4. The molecule has 2 aliphatic heterocycles. The molecule has 0 bridgehead atoms. The molecule has 0 radical (unpaired) electrons. The number of carbonyl (C=O) groups is 2. The molecular weight excluding hydrogens is 260 g/mol. The third-order valence-corrected chi connectivity index (χ3v) is 3.17. The maximum atomic E-state index is 11.5. The minimum atomic E-state index is -2.64. The fourth-order valence-electron chi connectivity index (χ4n) is 2.09. The van der Waals surface area contributed by atoms with E-state index >= 15 is 0 Å². The third-order valence-electron chi connectivity index (χ3n) is 3.17. The molecule has 0 aromatic heterocycles. The monoisotopic (exact) mass is 274 g/mol. The quantitative estimate of drug-likeness (QED) is 0.319. The molecule has 1 unspecified atom stereocenters. The number of nitrogens with two attached hydrogens (primary N) is 1. The summed E-state index contributed by atoms with van der Waals surface area (Å²) in [5.74, 6) is -4.38. The zero-order chi connectivity index (χ0) is 14.4. The van der Waals surface area contributed by atoms with Gasteiger partial charge in [0.05, 0.1) is 6.61 Å². The summed E-state index contributed by atoms with van der Waals surface area (Å²) in [6, 6.07) is -1.64. The van der Waals surface area contributed by atoms with Crippen molar-refractivity contribution in [2.45, 2.75) is 30.3 Å². The van der Waals surface area contributed by atoms with E-state index in [1.807, 2.05) is 0 Å². The van der Waals surface area contributed by atoms with Gasteiger partial charge in [0.15, 0.2) is 0 Å². The molecule has 0 aliphatic carbocycles. The van der Waals surface area contributed by atoms with Crippen LogP contribution in [0.5, 0.6) is 0 Å². The largest absolute Gasteiger partial charge is 0.394 e. The van der Waals surface area contributed by atoms with Crippen molar-refractivity contribution in [3.63, 3.8) is 0 Å². The number of carbonyl (C=O) groups excluding carboxylic acids is 2. The van der Waals surface area contributed by atoms with E-state index in [-0.39, 0.29) is 0 Å². The maximum Gasteiger partial charge on any atom is 0.277 e. The van der Waals surface area contributed by atoms with E-state index in [1.54, 1.807) is 0 Å². The first kappa shape index (κ1) is 14.1. The lowest BCUT2D eigenvalue weighted by atomic mass is 9.94. The first-order chi connectivity index (χ1) is 8.82. The molecule has 0 spiro atoms. The lowest BCUT2D eigenvalue weighted by Crippen LogP contribution is -2.74. The minimum Gasteiger partial charge on any atom is -0.394 e. The number of hydrogen-bond donors (Lipinski definition) is 5. The Morgan fingerprint density at radius 1 is 1.26 bits per heavy atom. The lowest BCUT2D eigenvalue weighted by Gasteiger charge is -2.48. The Labute approximate surface area is 107 Å². The van der Waals surface area contributed by atoms with Crippen molar-refractivity contribution < 1.29 is 34.8 Å². The van der Waals surface area contributed by atoms with Crippen LogP contribution in [0.3, 0.4) is 0 Å². The van der Waals surface area contributed by atoms with Crippen molar-refractivity contribution >= 4 is 11.8 Å². The van der Waals surface area contributed by atoms with Crippen LogP contribution in [0.4, 0.5) is 0 Å². The highest BCUT2D eigenvalue weighted by molar-refractivity contribution is 6.13. The molecule has 0 saturated carbocycles. The highest BCUT2D eigenvalue weighted by Gasteiger charge is 2.58. The highest BCUT2D eigenvalue weighted by atomic mass is 16.7. The minimum absolute atomic E-state index is 0.329. The Morgan fingerprint density at radius 3 is 2.26 bits per heavy atom. The van der Waals surface area contributed by atoms with Crippen LogP contribution >= 0.6 is 0 Å². The van der Waals surface area contributed by atoms with Crippen molar-refractivity contribution in [1.29, 1.82) is 0 Å². The topological polar surface area (TPSA) is 154 Å². The van der Waals surface area contributed by atoms with Gasteiger partial charge in [-0.2, -0.15) is 0 Å². The van der Waals surface area contributed by atoms with Gasteiger partial charge in [0.2, 0.25) is 0 Å². The van der Waals surface area contributed by atoms with Crippen LogP contribution in [0.25, 0.3) is 0 Å². The van der Waals surface area contributed by atoms with Gasteiger partial charge in [-0.25, -0.2) is 4.90 Å². The number of rotatable bonds is 2. The first-order valence-electron chi connectivity index (χ1n) is 5.52. The zero-order valence-electron chi connectivity index (χ0n) is 9.71. The van der Waals surface area contributed by atoms with E-state index in [2.05, 4.69) is 0 Å². The predicted octanol–water partition coefficient (Wildman–Crippen LogP) is -4.00. The Bertz CT molecular complexity index is 420. The molecule has 6 N–H and O–H groups in total. The number of imide groups is 1. The molecule has 0 aromatic rings. The third kappa shape index (κ3) is 1.96. The van der Waals surface area contributed by atoms with Gasteiger partial charge in [-0.3, -0.25) is 9.59 Å². The van der Waals surface area contributed by atoms with E-state index in [0.717, 1.165) is 12.2 Å². The Kier molecular flexibility index (Phi) is 3.43. The van der Waals surface area contributed by atoms with Crippen LogP contribution in [-0.2, 0) is 14.3 Å². The molecule has 1 fully saturated rings. The van der Waals surface area contributed by atoms with E-state index in [0.29, 0.717) is 4.90 Å². The van der Waals surface area contributed by atoms with Gasteiger partial charge >= 0.3 is 0 Å². The van der Waals surface area contributed by atoms with Crippen LogP contribution in [0, 0.1) is 0 Å². The molecule has 5 atom stereocenters. The van der Waals surface area contributed by atoms with Gasteiger partial charge in [-0.15, -0.1) is 0 Å². The fourth-order valence-corrected chi connectivity index (χ4v) is 2.09. The summed E-state index contributed by atoms with van der Waals surface area (Å²) in [6.45, 7) is -0.739. The van der Waals surface area contributed by atoms with Gasteiger partial charge in [-0.1, -0.05) is 0 Å². The SMILES string of the molecule is N[C@@H]1[C@@H](O)[C@H](O)[C@@H](CO)OC1(O)N1C(=O)C=CC1=O. The first-order valence-corrected chi connectivity index (χ1v) is 5.52. The number of ether oxygens (including phenoxy) is 1. The molecule has 2 aliphatic rings. The predicted molar refractivity (Wildman–Crippen MR) is 57.9 cm³/mol. The lowest BCUT2D eigenvalue weighted by molar-refractivity contribution is -0.355.